The Labute approximate surface area is 116 Å². The minimum Gasteiger partial charge on any atom is -0.478 e. The third-order valence-corrected chi connectivity index (χ3v) is 3.26. The number of aromatic carboxylic acids is 1. The highest BCUT2D eigenvalue weighted by atomic mass is 19.1. The molecule has 0 saturated carbocycles. The number of carboxylic acids is 1. The zero-order chi connectivity index (χ0) is 14.5. The van der Waals surface area contributed by atoms with E-state index in [2.05, 4.69) is 5.32 Å². The second-order valence-electron chi connectivity index (χ2n) is 4.83. The van der Waals surface area contributed by atoms with Crippen molar-refractivity contribution in [3.05, 3.63) is 41.2 Å². The van der Waals surface area contributed by atoms with Gasteiger partial charge in [0.1, 0.15) is 5.82 Å². The molecule has 0 bridgehead atoms. The number of nitrogens with one attached hydrogen (secondary N) is 1. The SMILES string of the molecule is O=C(CC1=CCCCC1)Nc1cc(F)ccc1C(=O)O. The zero-order valence-corrected chi connectivity index (χ0v) is 11.0. The van der Waals surface area contributed by atoms with Gasteiger partial charge in [0.2, 0.25) is 5.91 Å². The molecule has 0 radical (unpaired) electrons. The summed E-state index contributed by atoms with van der Waals surface area (Å²) in [4.78, 5) is 22.9. The largest absolute Gasteiger partial charge is 0.478 e. The first-order valence-corrected chi connectivity index (χ1v) is 6.57. The predicted molar refractivity (Wildman–Crippen MR) is 73.2 cm³/mol. The molecule has 1 aliphatic rings. The van der Waals surface area contributed by atoms with Gasteiger partial charge in [0.05, 0.1) is 11.3 Å². The molecule has 106 valence electrons. The van der Waals surface area contributed by atoms with Crippen LogP contribution in [0.4, 0.5) is 10.1 Å². The molecule has 0 aromatic heterocycles. The summed E-state index contributed by atoms with van der Waals surface area (Å²) < 4.78 is 13.2. The first kappa shape index (κ1) is 14.2. The number of allylic oxidation sites excluding steroid dienone is 1. The maximum atomic E-state index is 13.2. The van der Waals surface area contributed by atoms with Gasteiger partial charge in [-0.25, -0.2) is 9.18 Å². The molecule has 1 aromatic carbocycles. The van der Waals surface area contributed by atoms with Gasteiger partial charge in [0.15, 0.2) is 0 Å². The molecule has 0 atom stereocenters. The molecule has 2 N–H and O–H groups in total. The van der Waals surface area contributed by atoms with Gasteiger partial charge in [-0.3, -0.25) is 4.79 Å². The van der Waals surface area contributed by atoms with Gasteiger partial charge in [-0.1, -0.05) is 11.6 Å². The van der Waals surface area contributed by atoms with Crippen molar-refractivity contribution in [3.63, 3.8) is 0 Å². The molecule has 4 nitrogen and oxygen atoms in total. The number of rotatable bonds is 4. The van der Waals surface area contributed by atoms with E-state index in [-0.39, 0.29) is 23.6 Å². The maximum absolute atomic E-state index is 13.2. The van der Waals surface area contributed by atoms with E-state index in [4.69, 9.17) is 5.11 Å². The molecule has 0 unspecified atom stereocenters. The van der Waals surface area contributed by atoms with E-state index >= 15 is 0 Å². The fourth-order valence-electron chi connectivity index (χ4n) is 2.27. The molecule has 2 rings (SSSR count). The highest BCUT2D eigenvalue weighted by Crippen LogP contribution is 2.22. The van der Waals surface area contributed by atoms with Gasteiger partial charge in [0, 0.05) is 6.42 Å². The Morgan fingerprint density at radius 2 is 2.10 bits per heavy atom. The normalized spacial score (nSPS) is 14.6. The molecule has 1 aromatic rings. The summed E-state index contributed by atoms with van der Waals surface area (Å²) in [6, 6.07) is 3.23. The Morgan fingerprint density at radius 1 is 1.30 bits per heavy atom. The van der Waals surface area contributed by atoms with Gasteiger partial charge >= 0.3 is 5.97 Å². The minimum atomic E-state index is -1.20. The van der Waals surface area contributed by atoms with Gasteiger partial charge in [-0.15, -0.1) is 0 Å². The first-order chi connectivity index (χ1) is 9.56. The van der Waals surface area contributed by atoms with Crippen LogP contribution in [0.2, 0.25) is 0 Å². The Morgan fingerprint density at radius 3 is 2.75 bits per heavy atom. The number of carboxylic acid groups (broad SMARTS) is 1. The van der Waals surface area contributed by atoms with Crippen molar-refractivity contribution in [3.8, 4) is 0 Å². The molecule has 1 aliphatic carbocycles. The molecule has 0 heterocycles. The van der Waals surface area contributed by atoms with E-state index < -0.39 is 11.8 Å². The highest BCUT2D eigenvalue weighted by molar-refractivity contribution is 6.01. The number of amides is 1. The lowest BCUT2D eigenvalue weighted by Crippen LogP contribution is -2.15. The number of anilines is 1. The van der Waals surface area contributed by atoms with Crippen LogP contribution in [0.25, 0.3) is 0 Å². The van der Waals surface area contributed by atoms with Gasteiger partial charge in [-0.05, 0) is 43.9 Å². The fourth-order valence-corrected chi connectivity index (χ4v) is 2.27. The lowest BCUT2D eigenvalue weighted by molar-refractivity contribution is -0.115. The molecule has 0 saturated heterocycles. The van der Waals surface area contributed by atoms with Crippen LogP contribution in [-0.2, 0) is 4.79 Å². The highest BCUT2D eigenvalue weighted by Gasteiger charge is 2.15. The van der Waals surface area contributed by atoms with E-state index in [1.54, 1.807) is 0 Å². The number of carbonyl (C=O) groups is 2. The van der Waals surface area contributed by atoms with E-state index in [1.165, 1.54) is 0 Å². The molecule has 0 aliphatic heterocycles. The molecular weight excluding hydrogens is 261 g/mol. The average molecular weight is 277 g/mol. The number of hydrogen-bond acceptors (Lipinski definition) is 2. The topological polar surface area (TPSA) is 66.4 Å². The fraction of sp³-hybridized carbons (Fsp3) is 0.333. The van der Waals surface area contributed by atoms with Gasteiger partial charge in [0.25, 0.3) is 0 Å². The van der Waals surface area contributed by atoms with Crippen LogP contribution in [0.1, 0.15) is 42.5 Å². The zero-order valence-electron chi connectivity index (χ0n) is 11.0. The first-order valence-electron chi connectivity index (χ1n) is 6.57. The standard InChI is InChI=1S/C15H16FNO3/c16-11-6-7-12(15(19)20)13(9-11)17-14(18)8-10-4-2-1-3-5-10/h4,6-7,9H,1-3,5,8H2,(H,17,18)(H,19,20). The Kier molecular flexibility index (Phi) is 4.50. The second-order valence-corrected chi connectivity index (χ2v) is 4.83. The average Bonchev–Trinajstić information content (AvgIpc) is 2.39. The Balaban J connectivity index is 2.09. The summed E-state index contributed by atoms with van der Waals surface area (Å²) in [5.41, 5.74) is 0.943. The van der Waals surface area contributed by atoms with Crippen LogP contribution in [0, 0.1) is 5.82 Å². The number of carbonyl (C=O) groups excluding carboxylic acids is 1. The van der Waals surface area contributed by atoms with Crippen LogP contribution < -0.4 is 5.32 Å². The van der Waals surface area contributed by atoms with E-state index in [9.17, 15) is 14.0 Å². The second kappa shape index (κ2) is 6.32. The smallest absolute Gasteiger partial charge is 0.337 e. The molecule has 0 spiro atoms. The van der Waals surface area contributed by atoms with Gasteiger partial charge in [-0.2, -0.15) is 0 Å². The predicted octanol–water partition coefficient (Wildman–Crippen LogP) is 3.35. The van der Waals surface area contributed by atoms with Crippen molar-refractivity contribution >= 4 is 17.6 Å². The van der Waals surface area contributed by atoms with Crippen LogP contribution in [0.3, 0.4) is 0 Å². The van der Waals surface area contributed by atoms with Crippen molar-refractivity contribution in [1.82, 2.24) is 0 Å². The van der Waals surface area contributed by atoms with Crippen molar-refractivity contribution < 1.29 is 19.1 Å². The van der Waals surface area contributed by atoms with E-state index in [0.29, 0.717) is 0 Å². The number of benzene rings is 1. The van der Waals surface area contributed by atoms with Crippen LogP contribution >= 0.6 is 0 Å². The Bertz CT molecular complexity index is 566. The summed E-state index contributed by atoms with van der Waals surface area (Å²) in [7, 11) is 0. The van der Waals surface area contributed by atoms with Crippen molar-refractivity contribution in [2.24, 2.45) is 0 Å². The molecular formula is C15H16FNO3. The van der Waals surface area contributed by atoms with Crippen LogP contribution in [0.5, 0.6) is 0 Å². The van der Waals surface area contributed by atoms with Crippen LogP contribution in [0.15, 0.2) is 29.8 Å². The summed E-state index contributed by atoms with van der Waals surface area (Å²) >= 11 is 0. The maximum Gasteiger partial charge on any atom is 0.337 e. The van der Waals surface area contributed by atoms with E-state index in [0.717, 1.165) is 49.5 Å². The summed E-state index contributed by atoms with van der Waals surface area (Å²) in [6.45, 7) is 0. The summed E-state index contributed by atoms with van der Waals surface area (Å²) in [5.74, 6) is -2.09. The van der Waals surface area contributed by atoms with Crippen LogP contribution in [-0.4, -0.2) is 17.0 Å². The monoisotopic (exact) mass is 277 g/mol. The van der Waals surface area contributed by atoms with Gasteiger partial charge < -0.3 is 10.4 Å². The van der Waals surface area contributed by atoms with Crippen molar-refractivity contribution in [2.45, 2.75) is 32.1 Å². The molecule has 20 heavy (non-hydrogen) atoms. The third-order valence-electron chi connectivity index (χ3n) is 3.26. The number of halogens is 1. The molecule has 5 heteroatoms. The quantitative estimate of drug-likeness (QED) is 0.829. The summed E-state index contributed by atoms with van der Waals surface area (Å²) in [6.07, 6.45) is 6.35. The van der Waals surface area contributed by atoms with Crippen molar-refractivity contribution in [1.29, 1.82) is 0 Å². The third kappa shape index (κ3) is 3.66. The van der Waals surface area contributed by atoms with E-state index in [1.807, 2.05) is 6.08 Å². The Hall–Kier alpha value is -2.17. The molecule has 0 fully saturated rings. The number of hydrogen-bond donors (Lipinski definition) is 2. The lowest BCUT2D eigenvalue weighted by Gasteiger charge is -2.13. The lowest BCUT2D eigenvalue weighted by atomic mass is 9.97. The van der Waals surface area contributed by atoms with Crippen molar-refractivity contribution in [2.75, 3.05) is 5.32 Å². The molecule has 1 amide bonds. The summed E-state index contributed by atoms with van der Waals surface area (Å²) in [5, 5.41) is 11.5. The minimum absolute atomic E-state index is 0.00101.